The smallest absolute Gasteiger partial charge is 0.247 e. The number of nitrogens with zero attached hydrogens (tertiary/aromatic N) is 14. The van der Waals surface area contributed by atoms with Gasteiger partial charge in [0.2, 0.25) is 41.2 Å². The largest absolute Gasteiger partial charge is 0.468 e. The molecule has 0 spiro atoms. The van der Waals surface area contributed by atoms with Crippen LogP contribution in [0, 0.1) is 13.8 Å². The van der Waals surface area contributed by atoms with Gasteiger partial charge in [0.05, 0.1) is 40.4 Å². The van der Waals surface area contributed by atoms with E-state index in [1.165, 1.54) is 49.7 Å². The van der Waals surface area contributed by atoms with Crippen molar-refractivity contribution in [3.05, 3.63) is 275 Å². The van der Waals surface area contributed by atoms with Crippen LogP contribution in [-0.2, 0) is 12.8 Å². The zero-order valence-corrected chi connectivity index (χ0v) is 79.7. The third-order valence-corrected chi connectivity index (χ3v) is 19.7. The quantitative estimate of drug-likeness (QED) is 0.0684. The summed E-state index contributed by atoms with van der Waals surface area (Å²) in [6.45, 7) is 53.7. The van der Waals surface area contributed by atoms with E-state index in [4.69, 9.17) is 49.3 Å². The second-order valence-electron chi connectivity index (χ2n) is 35.1. The van der Waals surface area contributed by atoms with Crippen LogP contribution in [0.4, 0.5) is 0 Å². The fraction of sp³-hybridized carbons (Fsp3) is 0.471. The van der Waals surface area contributed by atoms with Crippen molar-refractivity contribution in [2.75, 3.05) is 0 Å². The summed E-state index contributed by atoms with van der Waals surface area (Å²) < 4.78 is 56.9. The second kappa shape index (κ2) is 51.0. The van der Waals surface area contributed by atoms with E-state index in [2.05, 4.69) is 207 Å². The topological polar surface area (TPSA) is 325 Å². The van der Waals surface area contributed by atoms with Crippen molar-refractivity contribution in [3.8, 4) is 45.4 Å². The van der Waals surface area contributed by atoms with Crippen molar-refractivity contribution in [1.29, 1.82) is 0 Å². The maximum Gasteiger partial charge on any atom is 0.247 e. The molecule has 11 aromatic heterocycles. The highest BCUT2D eigenvalue weighted by atomic mass is 16.5. The molecule has 15 aromatic rings. The number of aryl methyl sites for hydroxylation is 4. The zero-order chi connectivity index (χ0) is 92.2. The lowest BCUT2D eigenvalue weighted by atomic mass is 10.0. The van der Waals surface area contributed by atoms with Gasteiger partial charge in [-0.3, -0.25) is 0 Å². The molecule has 3 aliphatic carbocycles. The van der Waals surface area contributed by atoms with Crippen molar-refractivity contribution in [3.63, 3.8) is 0 Å². The molecule has 0 bridgehead atoms. The van der Waals surface area contributed by atoms with Crippen LogP contribution < -0.4 is 0 Å². The first-order chi connectivity index (χ1) is 60.8. The van der Waals surface area contributed by atoms with Crippen LogP contribution in [0.15, 0.2) is 220 Å². The van der Waals surface area contributed by atoms with Crippen molar-refractivity contribution in [2.45, 2.75) is 314 Å². The maximum absolute atomic E-state index is 5.51. The maximum atomic E-state index is 5.51. The van der Waals surface area contributed by atoms with Crippen LogP contribution in [0.25, 0.3) is 45.4 Å². The van der Waals surface area contributed by atoms with Gasteiger partial charge in [0.25, 0.3) is 0 Å². The Kier molecular flexibility index (Phi) is 40.3. The lowest BCUT2D eigenvalue weighted by Gasteiger charge is -2.04. The summed E-state index contributed by atoms with van der Waals surface area (Å²) in [5.41, 5.74) is 11.8. The molecule has 3 saturated carbocycles. The molecule has 0 atom stereocenters. The molecule has 3 aliphatic rings. The highest BCUT2D eigenvalue weighted by molar-refractivity contribution is 5.66. The van der Waals surface area contributed by atoms with Gasteiger partial charge in [-0.25, -0.2) is 9.97 Å². The Hall–Kier alpha value is -12.0. The summed E-state index contributed by atoms with van der Waals surface area (Å²) in [4.78, 5) is 21.6. The number of oxazole rings is 2. The Balaban J connectivity index is 0.000000173. The molecule has 18 rings (SSSR count). The average Bonchev–Trinajstić information content (AvgIpc) is 1.70. The molecule has 25 heteroatoms. The lowest BCUT2D eigenvalue weighted by Crippen LogP contribution is -1.87. The van der Waals surface area contributed by atoms with Crippen LogP contribution in [0.2, 0.25) is 0 Å². The summed E-state index contributed by atoms with van der Waals surface area (Å²) in [7, 11) is 0. The van der Waals surface area contributed by atoms with Gasteiger partial charge >= 0.3 is 0 Å². The van der Waals surface area contributed by atoms with E-state index in [9.17, 15) is 0 Å². The molecule has 11 heterocycles. The SMILES string of the molecule is CC(C)c1cc(C2CC2)no1.CC(C)c1coc(-c2ccccc2)n1.CC(C)c1nc(-c2ccccc2)no1.CC(C)c1nc(C2CC2)co1.CC(C)c1nc(C2CC2)no1.CC(C)c1nnc(-c2ccccc2)o1.CC(C)c1occc1-c1ccccc1.CCc1cc(C(C)C)on1.CCc1noc(C(C)C)n1.Cc1cc(C(C)C)no1.Cc1cc(C(C)C)on1. The number of rotatable bonds is 20. The Labute approximate surface area is 750 Å². The van der Waals surface area contributed by atoms with Crippen molar-refractivity contribution < 1.29 is 49.3 Å². The molecule has 0 radical (unpaired) electrons. The van der Waals surface area contributed by atoms with Gasteiger partial charge in [0.15, 0.2) is 17.5 Å². The standard InChI is InChI=1S/C13H14O.C12H13NO.2C11H12N2O.2C9H13NO.C8H12N2O.C8H13NO.C7H12N2O.2C7H11NO/c1-10(2)13-12(8-9-14-13)11-6-4-3-5-7-11;1-9(2)11-8-14-12(13-11)10-6-4-3-5-7-10;1-8(2)11-12-10(13-14-11)9-6-4-3-5-7-9;1-8(2)10-12-13-11(14-10)9-6-4-3-5-7-9;1-6(2)9-10-8(5-11-9)7-3-4-7;1-6(2)9-5-8(10-11-9)7-3-4-7;1-5(2)8-9-7(10-11-8)6-3-4-6;1-4-7-5-8(6(2)3)10-9-7;1-4-6-8-7(5(2)3)10-9-6;1-5(2)7-4-6(3)9-8-7;1-5(2)7-4-6(3)8-9-7/h3-10H,1-2H3;3-9H,1-2H3;2*3-8H,1-2H3;2*5-7H,3-4H2,1-2H3;5-6H,3-4H2,1-2H3;5-6H,4H2,1-3H3;5H,4H2,1-3H3;2*4-5H,1-3H3. The summed E-state index contributed by atoms with van der Waals surface area (Å²) in [5.74, 6) is 18.7. The highest BCUT2D eigenvalue weighted by Crippen LogP contribution is 2.42. The summed E-state index contributed by atoms with van der Waals surface area (Å²) >= 11 is 0. The summed E-state index contributed by atoms with van der Waals surface area (Å²) in [6.07, 6.45) is 14.8. The zero-order valence-electron chi connectivity index (χ0n) is 79.7. The van der Waals surface area contributed by atoms with E-state index in [1.54, 1.807) is 12.5 Å². The van der Waals surface area contributed by atoms with Gasteiger partial charge in [-0.15, -0.1) is 10.2 Å². The number of hydrogen-bond acceptors (Lipinski definition) is 25. The first-order valence-corrected chi connectivity index (χ1v) is 45.1. The Morgan fingerprint density at radius 2 is 0.811 bits per heavy atom. The lowest BCUT2D eigenvalue weighted by molar-refractivity contribution is 0.360. The van der Waals surface area contributed by atoms with Crippen molar-refractivity contribution in [1.82, 2.24) is 71.2 Å². The predicted octanol–water partition coefficient (Wildman–Crippen LogP) is 29.0. The molecule has 0 N–H and O–H groups in total. The van der Waals surface area contributed by atoms with Crippen molar-refractivity contribution in [2.24, 2.45) is 0 Å². The van der Waals surface area contributed by atoms with Crippen molar-refractivity contribution >= 4 is 0 Å². The Morgan fingerprint density at radius 1 is 0.323 bits per heavy atom. The van der Waals surface area contributed by atoms with E-state index in [0.29, 0.717) is 100 Å². The van der Waals surface area contributed by atoms with Gasteiger partial charge in [-0.1, -0.05) is 299 Å². The molecule has 0 aliphatic heterocycles. The number of furan rings is 1. The molecular weight excluding hydrogens is 1600 g/mol. The summed E-state index contributed by atoms with van der Waals surface area (Å²) in [6, 6.07) is 49.9. The highest BCUT2D eigenvalue weighted by Gasteiger charge is 2.30. The number of hydrogen-bond donors (Lipinski definition) is 0. The first-order valence-electron chi connectivity index (χ1n) is 45.1. The fourth-order valence-corrected chi connectivity index (χ4v) is 11.2. The van der Waals surface area contributed by atoms with Gasteiger partial charge < -0.3 is 49.3 Å². The molecule has 680 valence electrons. The average molecular weight is 1730 g/mol. The molecule has 4 aromatic carbocycles. The van der Waals surface area contributed by atoms with Crippen LogP contribution in [0.3, 0.4) is 0 Å². The van der Waals surface area contributed by atoms with E-state index >= 15 is 0 Å². The molecule has 3 fully saturated rings. The van der Waals surface area contributed by atoms with Gasteiger partial charge in [0, 0.05) is 124 Å². The minimum absolute atomic E-state index is 0.278. The molecule has 0 amide bonds. The number of benzene rings is 4. The summed E-state index contributed by atoms with van der Waals surface area (Å²) in [5, 5.41) is 35.1. The van der Waals surface area contributed by atoms with Crippen LogP contribution in [0.5, 0.6) is 0 Å². The third kappa shape index (κ3) is 34.0. The van der Waals surface area contributed by atoms with E-state index in [0.717, 1.165) is 122 Å². The van der Waals surface area contributed by atoms with Crippen LogP contribution in [-0.4, -0.2) is 71.2 Å². The minimum Gasteiger partial charge on any atom is -0.468 e. The van der Waals surface area contributed by atoms with Crippen LogP contribution >= 0.6 is 0 Å². The van der Waals surface area contributed by atoms with Crippen LogP contribution in [0.1, 0.15) is 392 Å². The Bertz CT molecular complexity index is 4980. The molecule has 127 heavy (non-hydrogen) atoms. The first kappa shape index (κ1) is 100. The van der Waals surface area contributed by atoms with E-state index < -0.39 is 0 Å². The van der Waals surface area contributed by atoms with Gasteiger partial charge in [0.1, 0.15) is 41.3 Å². The van der Waals surface area contributed by atoms with Gasteiger partial charge in [-0.05, 0) is 107 Å². The Morgan fingerprint density at radius 3 is 1.21 bits per heavy atom. The fourth-order valence-electron chi connectivity index (χ4n) is 11.2. The third-order valence-electron chi connectivity index (χ3n) is 19.7. The monoisotopic (exact) mass is 1730 g/mol. The molecular formula is C102H136N14O11. The van der Waals surface area contributed by atoms with E-state index in [-0.39, 0.29) is 11.8 Å². The second-order valence-corrected chi connectivity index (χ2v) is 35.1. The van der Waals surface area contributed by atoms with E-state index in [1.807, 2.05) is 202 Å². The molecule has 0 unspecified atom stereocenters. The number of aromatic nitrogens is 14. The van der Waals surface area contributed by atoms with Gasteiger partial charge in [-0.2, -0.15) is 15.0 Å². The minimum atomic E-state index is 0.278. The predicted molar refractivity (Wildman–Crippen MR) is 496 cm³/mol. The normalized spacial score (nSPS) is 12.6. The molecule has 25 nitrogen and oxygen atoms in total. The molecule has 0 saturated heterocycles.